The summed E-state index contributed by atoms with van der Waals surface area (Å²) in [6.45, 7) is 2.75. The van der Waals surface area contributed by atoms with Crippen molar-refractivity contribution in [1.29, 1.82) is 5.26 Å². The largest absolute Gasteiger partial charge is 3.00 e. The summed E-state index contributed by atoms with van der Waals surface area (Å²) in [4.78, 5) is 20.6. The SMILES string of the molecule is CC#N.O=S(=O)([O-])C(F)(F)F.O=S(=O)([O-])C(F)(F)F.[Fe+3].c1ccc(CN(Cc2ccccn2)C(c2ccccn2)c2ccccn2)nc1. The van der Waals surface area contributed by atoms with Crippen molar-refractivity contribution in [3.05, 3.63) is 120 Å². The van der Waals surface area contributed by atoms with Gasteiger partial charge in [0.2, 0.25) is 0 Å². The normalized spacial score (nSPS) is 11.3. The quantitative estimate of drug-likeness (QED) is 0.109. The van der Waals surface area contributed by atoms with E-state index in [4.69, 9.17) is 31.2 Å². The van der Waals surface area contributed by atoms with Gasteiger partial charge in [0.1, 0.15) is 0 Å². The molecule has 4 heterocycles. The van der Waals surface area contributed by atoms with E-state index in [1.165, 1.54) is 6.92 Å². The van der Waals surface area contributed by atoms with E-state index < -0.39 is 31.3 Å². The van der Waals surface area contributed by atoms with Crippen molar-refractivity contribution in [2.24, 2.45) is 0 Å². The fourth-order valence-corrected chi connectivity index (χ4v) is 3.24. The predicted octanol–water partition coefficient (Wildman–Crippen LogP) is 4.69. The van der Waals surface area contributed by atoms with Gasteiger partial charge in [-0.2, -0.15) is 31.6 Å². The van der Waals surface area contributed by atoms with Crippen molar-refractivity contribution >= 4 is 20.2 Å². The van der Waals surface area contributed by atoms with Gasteiger partial charge in [0.25, 0.3) is 0 Å². The molecule has 12 nitrogen and oxygen atoms in total. The minimum atomic E-state index is -6.09. The molecule has 0 aliphatic rings. The molecule has 0 N–H and O–H groups in total. The van der Waals surface area contributed by atoms with E-state index in [1.807, 2.05) is 97.6 Å². The van der Waals surface area contributed by atoms with Crippen LogP contribution in [0.15, 0.2) is 97.6 Å². The van der Waals surface area contributed by atoms with Gasteiger partial charge < -0.3 is 9.11 Å². The van der Waals surface area contributed by atoms with Crippen LogP contribution in [-0.2, 0) is 50.4 Å². The summed E-state index contributed by atoms with van der Waals surface area (Å²) >= 11 is 0. The second kappa shape index (κ2) is 20.4. The van der Waals surface area contributed by atoms with E-state index in [0.717, 1.165) is 22.8 Å². The van der Waals surface area contributed by atoms with Crippen molar-refractivity contribution in [2.45, 2.75) is 37.1 Å². The number of hydrogen-bond donors (Lipinski definition) is 0. The summed E-state index contributed by atoms with van der Waals surface area (Å²) in [7, 11) is -12.2. The molecule has 0 aliphatic heterocycles. The minimum absolute atomic E-state index is 0. The Bertz CT molecular complexity index is 1620. The van der Waals surface area contributed by atoms with Crippen LogP contribution in [0.4, 0.5) is 26.3 Å². The summed E-state index contributed by atoms with van der Waals surface area (Å²) in [5.41, 5.74) is -7.40. The van der Waals surface area contributed by atoms with Gasteiger partial charge in [0.15, 0.2) is 20.2 Å². The van der Waals surface area contributed by atoms with E-state index in [0.29, 0.717) is 13.1 Å². The molecule has 4 rings (SSSR count). The third kappa shape index (κ3) is 16.2. The zero-order valence-corrected chi connectivity index (χ0v) is 27.0. The molecule has 0 unspecified atom stereocenters. The van der Waals surface area contributed by atoms with Gasteiger partial charge in [0, 0.05) is 44.8 Å². The first-order chi connectivity index (χ1) is 21.8. The first kappa shape index (κ1) is 44.0. The van der Waals surface area contributed by atoms with Crippen molar-refractivity contribution in [2.75, 3.05) is 0 Å². The van der Waals surface area contributed by atoms with E-state index in [2.05, 4.69) is 24.8 Å². The first-order valence-electron chi connectivity index (χ1n) is 12.5. The maximum absolute atomic E-state index is 10.7. The average molecular weight is 762 g/mol. The molecule has 0 saturated carbocycles. The predicted molar refractivity (Wildman–Crippen MR) is 151 cm³/mol. The Morgan fingerprint density at radius 1 is 0.667 bits per heavy atom. The van der Waals surface area contributed by atoms with Gasteiger partial charge in [-0.05, 0) is 48.5 Å². The Balaban J connectivity index is 0.000000914. The van der Waals surface area contributed by atoms with Crippen molar-refractivity contribution in [1.82, 2.24) is 24.8 Å². The van der Waals surface area contributed by atoms with Crippen LogP contribution in [-0.4, -0.2) is 61.8 Å². The van der Waals surface area contributed by atoms with Gasteiger partial charge in [-0.25, -0.2) is 16.8 Å². The maximum atomic E-state index is 10.7. The van der Waals surface area contributed by atoms with Crippen LogP contribution in [0, 0.1) is 11.3 Å². The molecule has 0 amide bonds. The molecule has 0 saturated heterocycles. The number of nitriles is 1. The van der Waals surface area contributed by atoms with Gasteiger partial charge in [-0.3, -0.25) is 24.8 Å². The van der Waals surface area contributed by atoms with E-state index in [-0.39, 0.29) is 23.1 Å². The Morgan fingerprint density at radius 2 is 0.938 bits per heavy atom. The Labute approximate surface area is 282 Å². The molecular weight excluding hydrogens is 738 g/mol. The molecule has 4 aromatic rings. The number of aromatic nitrogens is 4. The minimum Gasteiger partial charge on any atom is -0.741 e. The third-order valence-corrected chi connectivity index (χ3v) is 6.18. The average Bonchev–Trinajstić information content (AvgIpc) is 2.99. The molecule has 0 fully saturated rings. The zero-order chi connectivity index (χ0) is 35.7. The van der Waals surface area contributed by atoms with E-state index >= 15 is 0 Å². The molecule has 4 aromatic heterocycles. The monoisotopic (exact) mass is 762 g/mol. The fraction of sp³-hybridized carbons (Fsp3) is 0.222. The number of alkyl halides is 6. The molecule has 259 valence electrons. The van der Waals surface area contributed by atoms with Crippen molar-refractivity contribution in [3.63, 3.8) is 0 Å². The topological polar surface area (TPSA) is 193 Å². The number of hydrogen-bond acceptors (Lipinski definition) is 12. The van der Waals surface area contributed by atoms with Crippen molar-refractivity contribution in [3.8, 4) is 6.07 Å². The first-order valence-corrected chi connectivity index (χ1v) is 15.3. The number of rotatable bonds is 7. The maximum Gasteiger partial charge on any atom is 3.00 e. The van der Waals surface area contributed by atoms with Crippen LogP contribution in [0.1, 0.15) is 35.7 Å². The summed E-state index contributed by atoms with van der Waals surface area (Å²) in [5.74, 6) is 0. The molecule has 0 aliphatic carbocycles. The summed E-state index contributed by atoms with van der Waals surface area (Å²) in [5, 5.41) is 7.32. The number of halogens is 6. The van der Waals surface area contributed by atoms with Gasteiger partial charge in [0.05, 0.1) is 34.9 Å². The molecule has 21 heteroatoms. The molecule has 48 heavy (non-hydrogen) atoms. The van der Waals surface area contributed by atoms with Crippen LogP contribution in [0.25, 0.3) is 0 Å². The Kier molecular flexibility index (Phi) is 18.7. The molecule has 0 atom stereocenters. The summed E-state index contributed by atoms with van der Waals surface area (Å²) in [6.07, 6.45) is 7.30. The van der Waals surface area contributed by atoms with Gasteiger partial charge in [-0.15, -0.1) is 0 Å². The van der Waals surface area contributed by atoms with Crippen LogP contribution >= 0.6 is 0 Å². The smallest absolute Gasteiger partial charge is 0.741 e. The second-order valence-electron chi connectivity index (χ2n) is 8.48. The van der Waals surface area contributed by atoms with Crippen molar-refractivity contribution < 1.29 is 69.4 Å². The molecule has 1 radical (unpaired) electrons. The third-order valence-electron chi connectivity index (χ3n) is 5.05. The number of pyridine rings is 4. The number of nitrogens with zero attached hydrogens (tertiary/aromatic N) is 6. The second-order valence-corrected chi connectivity index (χ2v) is 11.2. The van der Waals surface area contributed by atoms with Gasteiger partial charge >= 0.3 is 28.1 Å². The zero-order valence-electron chi connectivity index (χ0n) is 24.3. The standard InChI is InChI=1S/C23H21N5.C2H3N.2CHF3O3S.Fe/c1-5-13-24-19(9-1)17-28(18-20-10-2-6-14-25-20)23(21-11-3-7-15-26-21)22-12-4-8-16-27-22;1-2-3;2*2-1(3,4)8(5,6)7;/h1-16,23H,17-18H2;1H3;2*(H,5,6,7);/q;;;;+3/p-2. The van der Waals surface area contributed by atoms with Crippen LogP contribution in [0.5, 0.6) is 0 Å². The Hall–Kier alpha value is -4.03. The molecule has 0 spiro atoms. The fourth-order valence-electron chi connectivity index (χ4n) is 3.24. The van der Waals surface area contributed by atoms with Gasteiger partial charge in [-0.1, -0.05) is 24.3 Å². The Morgan fingerprint density at radius 3 is 1.15 bits per heavy atom. The summed E-state index contributed by atoms with van der Waals surface area (Å²) in [6, 6.07) is 25.6. The molecule has 0 bridgehead atoms. The van der Waals surface area contributed by atoms with E-state index in [9.17, 15) is 26.3 Å². The summed E-state index contributed by atoms with van der Waals surface area (Å²) < 4.78 is 118. The molecule has 0 aromatic carbocycles. The van der Waals surface area contributed by atoms with Crippen LogP contribution in [0.3, 0.4) is 0 Å². The molecular formula is C27H24F6FeN6O6S2+. The van der Waals surface area contributed by atoms with Crippen LogP contribution < -0.4 is 0 Å². The van der Waals surface area contributed by atoms with Crippen LogP contribution in [0.2, 0.25) is 0 Å². The van der Waals surface area contributed by atoms with E-state index in [1.54, 1.807) is 6.07 Å².